The van der Waals surface area contributed by atoms with Gasteiger partial charge in [0.05, 0.1) is 0 Å². The maximum absolute atomic E-state index is 4.13. The average Bonchev–Trinajstić information content (AvgIpc) is 2.95. The Morgan fingerprint density at radius 3 is 1.42 bits per heavy atom. The van der Waals surface area contributed by atoms with Crippen LogP contribution in [0.1, 0.15) is 0 Å². The fraction of sp³-hybridized carbons (Fsp3) is 0. The Hall–Kier alpha value is -4.02. The summed E-state index contributed by atoms with van der Waals surface area (Å²) in [6.07, 6.45) is 0. The first-order valence-electron chi connectivity index (χ1n) is 12.4. The van der Waals surface area contributed by atoms with Gasteiger partial charge < -0.3 is 0 Å². The molecule has 0 saturated heterocycles. The summed E-state index contributed by atoms with van der Waals surface area (Å²) in [4.78, 5) is 0. The molecule has 0 N–H and O–H groups in total. The molecule has 0 amide bonds. The zero-order valence-corrected chi connectivity index (χ0v) is 21.1. The Labute approximate surface area is 216 Å². The van der Waals surface area contributed by atoms with Gasteiger partial charge in [-0.2, -0.15) is 0 Å². The van der Waals surface area contributed by atoms with Crippen LogP contribution in [0.2, 0.25) is 0 Å². The normalized spacial score (nSPS) is 11.3. The minimum absolute atomic E-state index is 0.0747. The van der Waals surface area contributed by atoms with Gasteiger partial charge in [-0.1, -0.05) is 36.4 Å². The molecule has 1 heteroatoms. The first kappa shape index (κ1) is 21.3. The van der Waals surface area contributed by atoms with Crippen molar-refractivity contribution in [2.24, 2.45) is 0 Å². The zero-order chi connectivity index (χ0) is 24.1. The van der Waals surface area contributed by atoms with E-state index >= 15 is 0 Å². The molecule has 0 aliphatic carbocycles. The number of benzene rings is 7. The third kappa shape index (κ3) is 3.33. The molecular weight excluding hydrogens is 447 g/mol. The molecule has 0 nitrogen and oxygen atoms in total. The van der Waals surface area contributed by atoms with E-state index in [0.29, 0.717) is 0 Å². The second kappa shape index (κ2) is 8.58. The van der Waals surface area contributed by atoms with Gasteiger partial charge in [0.15, 0.2) is 0 Å². The Bertz CT molecular complexity index is 1890. The topological polar surface area (TPSA) is 0 Å². The third-order valence-electron chi connectivity index (χ3n) is 7.40. The predicted octanol–water partition coefficient (Wildman–Crippen LogP) is 8.39. The molecule has 7 aromatic rings. The fourth-order valence-corrected chi connectivity index (χ4v) is 6.16. The summed E-state index contributed by atoms with van der Waals surface area (Å²) in [6, 6.07) is 46.9. The molecule has 0 saturated carbocycles. The summed E-state index contributed by atoms with van der Waals surface area (Å²) in [7, 11) is 0. The molecule has 0 unspecified atom stereocenters. The van der Waals surface area contributed by atoms with E-state index in [0.717, 1.165) is 0 Å². The summed E-state index contributed by atoms with van der Waals surface area (Å²) >= 11 is 0.0747. The Balaban J connectivity index is 1.60. The van der Waals surface area contributed by atoms with Crippen LogP contribution >= 0.6 is 0 Å². The van der Waals surface area contributed by atoms with Crippen molar-refractivity contribution in [1.82, 2.24) is 0 Å². The summed E-state index contributed by atoms with van der Waals surface area (Å²) in [6.45, 7) is 0. The van der Waals surface area contributed by atoms with Gasteiger partial charge in [-0.15, -0.1) is 0 Å². The van der Waals surface area contributed by atoms with Crippen molar-refractivity contribution in [2.75, 3.05) is 0 Å². The molecule has 0 aliphatic heterocycles. The molecule has 0 aliphatic rings. The van der Waals surface area contributed by atoms with Crippen molar-refractivity contribution in [1.29, 1.82) is 0 Å². The molecular formula is C35H23Al. The van der Waals surface area contributed by atoms with E-state index in [-0.39, 0.29) is 14.8 Å². The summed E-state index contributed by atoms with van der Waals surface area (Å²) < 4.78 is 1.34. The second-order valence-corrected chi connectivity index (χ2v) is 10.5. The van der Waals surface area contributed by atoms with Crippen LogP contribution in [0.4, 0.5) is 0 Å². The van der Waals surface area contributed by atoms with Crippen molar-refractivity contribution < 1.29 is 0 Å². The van der Waals surface area contributed by atoms with E-state index in [2.05, 4.69) is 133 Å². The van der Waals surface area contributed by atoms with Gasteiger partial charge in [0.1, 0.15) is 0 Å². The first-order valence-corrected chi connectivity index (χ1v) is 13.8. The van der Waals surface area contributed by atoms with Crippen LogP contribution in [0.3, 0.4) is 0 Å². The summed E-state index contributed by atoms with van der Waals surface area (Å²) in [5.74, 6) is 0. The number of fused-ring (bicyclic) bond motifs is 5. The quantitative estimate of drug-likeness (QED) is 0.138. The van der Waals surface area contributed by atoms with Gasteiger partial charge >= 0.3 is 176 Å². The van der Waals surface area contributed by atoms with Crippen LogP contribution < -0.4 is 4.43 Å². The number of hydrogen-bond acceptors (Lipinski definition) is 0. The maximum atomic E-state index is 4.13. The van der Waals surface area contributed by atoms with Crippen LogP contribution in [-0.4, -0.2) is 20.2 Å². The predicted molar refractivity (Wildman–Crippen MR) is 160 cm³/mol. The fourth-order valence-electron chi connectivity index (χ4n) is 5.69. The third-order valence-corrected chi connectivity index (χ3v) is 8.26. The van der Waals surface area contributed by atoms with Crippen molar-refractivity contribution in [3.8, 4) is 22.3 Å². The van der Waals surface area contributed by atoms with Gasteiger partial charge in [-0.25, -0.2) is 0 Å². The second-order valence-electron chi connectivity index (χ2n) is 9.39. The zero-order valence-electron chi connectivity index (χ0n) is 19.9. The summed E-state index contributed by atoms with van der Waals surface area (Å²) in [5, 5.41) is 14.4. The molecule has 7 rings (SSSR count). The molecule has 0 heterocycles. The van der Waals surface area contributed by atoms with E-state index in [4.69, 9.17) is 0 Å². The minimum atomic E-state index is 0.0747. The average molecular weight is 471 g/mol. The SMILES string of the molecule is [CH2]=[Al][c]1ccc(-c2c3ccccc3c(-c3ccc4ccc5ccccc5c4c3)c3ccccc23)cc1. The molecule has 0 fully saturated rings. The number of rotatable bonds is 3. The molecule has 0 spiro atoms. The van der Waals surface area contributed by atoms with Crippen LogP contribution in [0.5, 0.6) is 0 Å². The van der Waals surface area contributed by atoms with E-state index in [1.807, 2.05) is 0 Å². The Morgan fingerprint density at radius 1 is 0.389 bits per heavy atom. The van der Waals surface area contributed by atoms with Crippen LogP contribution in [0.15, 0.2) is 127 Å². The molecule has 166 valence electrons. The van der Waals surface area contributed by atoms with E-state index in [1.54, 1.807) is 0 Å². The molecule has 0 bridgehead atoms. The summed E-state index contributed by atoms with van der Waals surface area (Å²) in [5.41, 5.74) is 5.13. The van der Waals surface area contributed by atoms with Crippen molar-refractivity contribution in [2.45, 2.75) is 0 Å². The van der Waals surface area contributed by atoms with Gasteiger partial charge in [0.25, 0.3) is 0 Å². The van der Waals surface area contributed by atoms with Crippen molar-refractivity contribution in [3.63, 3.8) is 0 Å². The van der Waals surface area contributed by atoms with Crippen LogP contribution in [0, 0.1) is 0 Å². The number of hydrogen-bond donors (Lipinski definition) is 0. The Morgan fingerprint density at radius 2 is 0.833 bits per heavy atom. The van der Waals surface area contributed by atoms with Gasteiger partial charge in [0, 0.05) is 0 Å². The van der Waals surface area contributed by atoms with Gasteiger partial charge in [0.2, 0.25) is 0 Å². The monoisotopic (exact) mass is 470 g/mol. The standard InChI is InChI=1S/C34H21.CH2.Al/c1-2-11-25(12-3-1)33-28-14-6-8-16-30(28)34(31-17-9-7-15-29(31)33)26-21-20-24-19-18-23-10-4-5-13-27(23)32(24)22-26;;/h2-22H;1H2;. The van der Waals surface area contributed by atoms with Crippen LogP contribution in [-0.2, 0) is 0 Å². The van der Waals surface area contributed by atoms with E-state index in [1.165, 1.54) is 69.8 Å². The molecule has 0 radical (unpaired) electrons. The first-order chi connectivity index (χ1) is 17.8. The molecule has 0 atom stereocenters. The van der Waals surface area contributed by atoms with Gasteiger partial charge in [-0.05, 0) is 5.39 Å². The van der Waals surface area contributed by atoms with E-state index < -0.39 is 0 Å². The van der Waals surface area contributed by atoms with E-state index in [9.17, 15) is 0 Å². The van der Waals surface area contributed by atoms with Gasteiger partial charge in [-0.3, -0.25) is 0 Å². The molecule has 36 heavy (non-hydrogen) atoms. The van der Waals surface area contributed by atoms with Crippen LogP contribution in [0.25, 0.3) is 65.3 Å². The molecule has 7 aromatic carbocycles. The molecule has 0 aromatic heterocycles. The van der Waals surface area contributed by atoms with Crippen molar-refractivity contribution >= 4 is 67.7 Å². The Kier molecular flexibility index (Phi) is 5.07. The van der Waals surface area contributed by atoms with Crippen molar-refractivity contribution in [3.05, 3.63) is 127 Å².